The highest BCUT2D eigenvalue weighted by molar-refractivity contribution is 7.92. The Morgan fingerprint density at radius 2 is 1.65 bits per heavy atom. The van der Waals surface area contributed by atoms with Crippen molar-refractivity contribution >= 4 is 21.6 Å². The van der Waals surface area contributed by atoms with E-state index in [1.165, 1.54) is 24.8 Å². The molecule has 34 heavy (non-hydrogen) atoms. The summed E-state index contributed by atoms with van der Waals surface area (Å²) >= 11 is 0. The normalized spacial score (nSPS) is 11.1. The highest BCUT2D eigenvalue weighted by Gasteiger charge is 2.29. The third kappa shape index (κ3) is 6.08. The van der Waals surface area contributed by atoms with Crippen molar-refractivity contribution in [1.29, 1.82) is 0 Å². The Morgan fingerprint density at radius 1 is 0.941 bits per heavy atom. The smallest absolute Gasteiger partial charge is 0.264 e. The molecule has 1 amide bonds. The van der Waals surface area contributed by atoms with E-state index in [4.69, 9.17) is 9.47 Å². The molecule has 1 N–H and O–H groups in total. The number of aryl methyl sites for hydroxylation is 3. The van der Waals surface area contributed by atoms with Crippen LogP contribution in [0.4, 0.5) is 5.69 Å². The van der Waals surface area contributed by atoms with Crippen molar-refractivity contribution < 1.29 is 22.7 Å². The molecule has 0 radical (unpaired) electrons. The monoisotopic (exact) mass is 482 g/mol. The average Bonchev–Trinajstić information content (AvgIpc) is 2.82. The summed E-state index contributed by atoms with van der Waals surface area (Å²) in [6.45, 7) is 5.99. The van der Waals surface area contributed by atoms with Gasteiger partial charge >= 0.3 is 0 Å². The highest BCUT2D eigenvalue weighted by Crippen LogP contribution is 2.32. The molecule has 0 unspecified atom stereocenters. The molecule has 0 saturated heterocycles. The number of hydrogen-bond donors (Lipinski definition) is 1. The molecule has 8 heteroatoms. The maximum atomic E-state index is 13.5. The summed E-state index contributed by atoms with van der Waals surface area (Å²) < 4.78 is 39.1. The Labute approximate surface area is 201 Å². The summed E-state index contributed by atoms with van der Waals surface area (Å²) in [5.74, 6) is 0.615. The van der Waals surface area contributed by atoms with Crippen LogP contribution in [0.2, 0.25) is 0 Å². The summed E-state index contributed by atoms with van der Waals surface area (Å²) in [5.41, 5.74) is 3.51. The lowest BCUT2D eigenvalue weighted by atomic mass is 10.1. The number of anilines is 1. The van der Waals surface area contributed by atoms with Gasteiger partial charge in [-0.2, -0.15) is 0 Å². The molecule has 0 saturated carbocycles. The number of nitrogens with one attached hydrogen (secondary N) is 1. The van der Waals surface area contributed by atoms with Crippen molar-refractivity contribution in [1.82, 2.24) is 5.32 Å². The molecule has 0 atom stereocenters. The number of carbonyl (C=O) groups excluding carboxylic acids is 1. The summed E-state index contributed by atoms with van der Waals surface area (Å²) in [4.78, 5) is 12.8. The van der Waals surface area contributed by atoms with Gasteiger partial charge in [0.1, 0.15) is 24.7 Å². The molecule has 3 aromatic carbocycles. The summed E-state index contributed by atoms with van der Waals surface area (Å²) in [6, 6.07) is 19.0. The first-order chi connectivity index (χ1) is 16.2. The molecular weight excluding hydrogens is 452 g/mol. The first-order valence-corrected chi connectivity index (χ1v) is 12.4. The molecule has 0 spiro atoms. The minimum Gasteiger partial charge on any atom is -0.495 e. The maximum absolute atomic E-state index is 13.5. The molecular formula is C26H30N2O5S. The van der Waals surface area contributed by atoms with Gasteiger partial charge in [-0.15, -0.1) is 0 Å². The lowest BCUT2D eigenvalue weighted by Crippen LogP contribution is -2.42. The molecule has 7 nitrogen and oxygen atoms in total. The number of amides is 1. The van der Waals surface area contributed by atoms with Crippen LogP contribution in [-0.2, 0) is 14.8 Å². The van der Waals surface area contributed by atoms with E-state index in [9.17, 15) is 13.2 Å². The Morgan fingerprint density at radius 3 is 2.32 bits per heavy atom. The second-order valence-corrected chi connectivity index (χ2v) is 9.80. The average molecular weight is 483 g/mol. The van der Waals surface area contributed by atoms with E-state index in [0.717, 1.165) is 21.2 Å². The number of ether oxygens (including phenoxy) is 2. The number of benzene rings is 3. The van der Waals surface area contributed by atoms with Crippen LogP contribution in [-0.4, -0.2) is 41.1 Å². The zero-order valence-corrected chi connectivity index (χ0v) is 20.7. The molecule has 0 aliphatic carbocycles. The van der Waals surface area contributed by atoms with Crippen LogP contribution >= 0.6 is 0 Å². The SMILES string of the molecule is COc1ccccc1N(CC(=O)NCCOc1ccc(C)c(C)c1)S(=O)(=O)c1ccc(C)cc1. The Hall–Kier alpha value is -3.52. The van der Waals surface area contributed by atoms with Gasteiger partial charge in [-0.05, 0) is 68.3 Å². The van der Waals surface area contributed by atoms with Crippen LogP contribution in [0.15, 0.2) is 71.6 Å². The molecule has 0 aliphatic heterocycles. The molecule has 0 aliphatic rings. The summed E-state index contributed by atoms with van der Waals surface area (Å²) in [6.07, 6.45) is 0. The van der Waals surface area contributed by atoms with Gasteiger partial charge in [-0.1, -0.05) is 35.9 Å². The van der Waals surface area contributed by atoms with Gasteiger partial charge < -0.3 is 14.8 Å². The van der Waals surface area contributed by atoms with Crippen LogP contribution in [0.3, 0.4) is 0 Å². The number of carbonyl (C=O) groups is 1. The lowest BCUT2D eigenvalue weighted by Gasteiger charge is -2.25. The largest absolute Gasteiger partial charge is 0.495 e. The molecule has 0 aromatic heterocycles. The maximum Gasteiger partial charge on any atom is 0.264 e. The van der Waals surface area contributed by atoms with Gasteiger partial charge in [-0.3, -0.25) is 9.10 Å². The highest BCUT2D eigenvalue weighted by atomic mass is 32.2. The van der Waals surface area contributed by atoms with E-state index >= 15 is 0 Å². The van der Waals surface area contributed by atoms with E-state index < -0.39 is 22.5 Å². The van der Waals surface area contributed by atoms with Crippen LogP contribution in [0.1, 0.15) is 16.7 Å². The molecule has 0 heterocycles. The van der Waals surface area contributed by atoms with Gasteiger partial charge in [0.2, 0.25) is 5.91 Å². The minimum atomic E-state index is -4.02. The fourth-order valence-electron chi connectivity index (χ4n) is 3.32. The van der Waals surface area contributed by atoms with Gasteiger partial charge in [0.15, 0.2) is 0 Å². The van der Waals surface area contributed by atoms with Crippen molar-refractivity contribution in [3.63, 3.8) is 0 Å². The zero-order valence-electron chi connectivity index (χ0n) is 19.9. The van der Waals surface area contributed by atoms with Crippen molar-refractivity contribution in [2.24, 2.45) is 0 Å². The van der Waals surface area contributed by atoms with E-state index in [1.54, 1.807) is 36.4 Å². The van der Waals surface area contributed by atoms with Crippen molar-refractivity contribution in [3.05, 3.63) is 83.4 Å². The predicted octanol–water partition coefficient (Wildman–Crippen LogP) is 4.01. The van der Waals surface area contributed by atoms with Gasteiger partial charge in [0.25, 0.3) is 10.0 Å². The number of methoxy groups -OCH3 is 1. The third-order valence-corrected chi connectivity index (χ3v) is 7.20. The molecule has 0 fully saturated rings. The third-order valence-electron chi connectivity index (χ3n) is 5.42. The fourth-order valence-corrected chi connectivity index (χ4v) is 4.75. The second kappa shape index (κ2) is 11.1. The van der Waals surface area contributed by atoms with E-state index in [-0.39, 0.29) is 23.7 Å². The Kier molecular flexibility index (Phi) is 8.17. The predicted molar refractivity (Wildman–Crippen MR) is 133 cm³/mol. The fraction of sp³-hybridized carbons (Fsp3) is 0.269. The lowest BCUT2D eigenvalue weighted by molar-refractivity contribution is -0.119. The molecule has 3 aromatic rings. The first-order valence-electron chi connectivity index (χ1n) is 10.9. The Balaban J connectivity index is 1.74. The van der Waals surface area contributed by atoms with Crippen molar-refractivity contribution in [3.8, 4) is 11.5 Å². The van der Waals surface area contributed by atoms with Crippen LogP contribution in [0, 0.1) is 20.8 Å². The summed E-state index contributed by atoms with van der Waals surface area (Å²) in [5, 5.41) is 2.74. The number of para-hydroxylation sites is 2. The Bertz CT molecular complexity index is 1240. The van der Waals surface area contributed by atoms with Gasteiger partial charge in [0.05, 0.1) is 24.2 Å². The second-order valence-electron chi connectivity index (χ2n) is 7.94. The van der Waals surface area contributed by atoms with Gasteiger partial charge in [0, 0.05) is 0 Å². The quantitative estimate of drug-likeness (QED) is 0.442. The number of hydrogen-bond acceptors (Lipinski definition) is 5. The molecule has 3 rings (SSSR count). The van der Waals surface area contributed by atoms with Crippen LogP contribution in [0.25, 0.3) is 0 Å². The van der Waals surface area contributed by atoms with Crippen molar-refractivity contribution in [2.45, 2.75) is 25.7 Å². The van der Waals surface area contributed by atoms with Crippen LogP contribution < -0.4 is 19.1 Å². The van der Waals surface area contributed by atoms with E-state index in [1.807, 2.05) is 39.0 Å². The van der Waals surface area contributed by atoms with Gasteiger partial charge in [-0.25, -0.2) is 8.42 Å². The van der Waals surface area contributed by atoms with E-state index in [2.05, 4.69) is 5.32 Å². The first kappa shape index (κ1) is 25.1. The van der Waals surface area contributed by atoms with E-state index in [0.29, 0.717) is 5.75 Å². The number of rotatable bonds is 10. The minimum absolute atomic E-state index is 0.0925. The zero-order chi connectivity index (χ0) is 24.7. The number of sulfonamides is 1. The molecule has 0 bridgehead atoms. The standard InChI is InChI=1S/C26H30N2O5S/c1-19-9-13-23(14-10-19)34(30,31)28(24-7-5-6-8-25(24)32-4)18-26(29)27-15-16-33-22-12-11-20(2)21(3)17-22/h5-14,17H,15-16,18H2,1-4H3,(H,27,29). The number of nitrogens with zero attached hydrogens (tertiary/aromatic N) is 1. The summed E-state index contributed by atoms with van der Waals surface area (Å²) in [7, 11) is -2.56. The van der Waals surface area contributed by atoms with Crippen molar-refractivity contribution in [2.75, 3.05) is 31.1 Å². The molecule has 180 valence electrons. The topological polar surface area (TPSA) is 84.9 Å². The van der Waals surface area contributed by atoms with Crippen LogP contribution in [0.5, 0.6) is 11.5 Å².